The average Bonchev–Trinajstić information content (AvgIpc) is 2.97. The van der Waals surface area contributed by atoms with E-state index in [-0.39, 0.29) is 18.5 Å². The number of benzene rings is 1. The third-order valence-electron chi connectivity index (χ3n) is 5.09. The normalized spacial score (nSPS) is 21.0. The molecule has 158 valence electrons. The molecule has 0 unspecified atom stereocenters. The van der Waals surface area contributed by atoms with Crippen LogP contribution in [0.1, 0.15) is 18.4 Å². The fraction of sp³-hybridized carbons (Fsp3) is 0.316. The van der Waals surface area contributed by atoms with Crippen LogP contribution in [-0.2, 0) is 21.5 Å². The van der Waals surface area contributed by atoms with Crippen molar-refractivity contribution in [2.24, 2.45) is 0 Å². The Morgan fingerprint density at radius 2 is 2.00 bits per heavy atom. The molecule has 30 heavy (non-hydrogen) atoms. The molecule has 2 aliphatic rings. The lowest BCUT2D eigenvalue weighted by Crippen LogP contribution is -2.50. The molecule has 4 rings (SSSR count). The number of piperidine rings is 1. The Kier molecular flexibility index (Phi) is 5.39. The molecule has 2 bridgehead atoms. The Hall–Kier alpha value is -3.05. The van der Waals surface area contributed by atoms with Crippen molar-refractivity contribution in [1.82, 2.24) is 19.7 Å². The predicted octanol–water partition coefficient (Wildman–Crippen LogP) is 1.88. The number of pyridine rings is 1. The van der Waals surface area contributed by atoms with E-state index in [0.717, 1.165) is 23.9 Å². The number of hydrogen-bond acceptors (Lipinski definition) is 6. The monoisotopic (exact) mass is 433 g/mol. The summed E-state index contributed by atoms with van der Waals surface area (Å²) in [5.41, 5.74) is 0.922. The smallest absolute Gasteiger partial charge is 0.311 e. The fourth-order valence-corrected chi connectivity index (χ4v) is 4.57. The van der Waals surface area contributed by atoms with Gasteiger partial charge in [0.25, 0.3) is 10.0 Å². The SMILES string of the molecule is N=C(NS(=O)(=O)c1ccc(F)cn1)[C@@H]1CC[C@@H]2CN1C(=O)N2OCc1ccccc1. The summed E-state index contributed by atoms with van der Waals surface area (Å²) < 4.78 is 40.0. The summed E-state index contributed by atoms with van der Waals surface area (Å²) in [6, 6.07) is 10.1. The van der Waals surface area contributed by atoms with Gasteiger partial charge in [0.2, 0.25) is 0 Å². The van der Waals surface area contributed by atoms with Crippen molar-refractivity contribution in [3.8, 4) is 0 Å². The van der Waals surface area contributed by atoms with Crippen LogP contribution in [0.2, 0.25) is 0 Å². The molecule has 2 N–H and O–H groups in total. The highest BCUT2D eigenvalue weighted by molar-refractivity contribution is 7.90. The van der Waals surface area contributed by atoms with Crippen molar-refractivity contribution in [3.05, 3.63) is 60.0 Å². The maximum Gasteiger partial charge on any atom is 0.344 e. The van der Waals surface area contributed by atoms with E-state index in [4.69, 9.17) is 10.2 Å². The molecule has 2 aromatic rings. The van der Waals surface area contributed by atoms with Crippen molar-refractivity contribution in [3.63, 3.8) is 0 Å². The Morgan fingerprint density at radius 3 is 2.70 bits per heavy atom. The number of halogens is 1. The highest BCUT2D eigenvalue weighted by Crippen LogP contribution is 2.30. The van der Waals surface area contributed by atoms with Gasteiger partial charge in [-0.1, -0.05) is 30.3 Å². The topological polar surface area (TPSA) is 116 Å². The number of carbonyl (C=O) groups is 1. The third kappa shape index (κ3) is 3.98. The van der Waals surface area contributed by atoms with Gasteiger partial charge < -0.3 is 4.90 Å². The number of rotatable bonds is 6. The van der Waals surface area contributed by atoms with Gasteiger partial charge in [0.1, 0.15) is 18.3 Å². The van der Waals surface area contributed by atoms with Crippen molar-refractivity contribution >= 4 is 21.9 Å². The second kappa shape index (κ2) is 8.00. The zero-order chi connectivity index (χ0) is 21.3. The van der Waals surface area contributed by atoms with E-state index < -0.39 is 32.9 Å². The van der Waals surface area contributed by atoms with Gasteiger partial charge in [-0.05, 0) is 30.5 Å². The number of urea groups is 1. The Bertz CT molecular complexity index is 1050. The van der Waals surface area contributed by atoms with Crippen LogP contribution in [0.15, 0.2) is 53.7 Å². The molecule has 11 heteroatoms. The van der Waals surface area contributed by atoms with E-state index in [9.17, 15) is 17.6 Å². The first-order valence-corrected chi connectivity index (χ1v) is 10.8. The minimum atomic E-state index is -4.16. The number of nitrogens with one attached hydrogen (secondary N) is 2. The van der Waals surface area contributed by atoms with Crippen LogP contribution in [0, 0.1) is 11.2 Å². The lowest BCUT2D eigenvalue weighted by molar-refractivity contribution is -0.140. The van der Waals surface area contributed by atoms with Crippen LogP contribution in [0.5, 0.6) is 0 Å². The first kappa shape index (κ1) is 20.2. The van der Waals surface area contributed by atoms with Gasteiger partial charge >= 0.3 is 6.03 Å². The summed E-state index contributed by atoms with van der Waals surface area (Å²) in [5, 5.41) is 9.15. The maximum atomic E-state index is 13.0. The number of carbonyl (C=O) groups excluding carboxylic acids is 1. The fourth-order valence-electron chi connectivity index (χ4n) is 3.60. The van der Waals surface area contributed by atoms with Crippen molar-refractivity contribution in [1.29, 1.82) is 5.41 Å². The molecule has 1 aromatic heterocycles. The Labute approximate surface area is 173 Å². The van der Waals surface area contributed by atoms with Crippen molar-refractivity contribution in [2.75, 3.05) is 6.54 Å². The number of aromatic nitrogens is 1. The first-order chi connectivity index (χ1) is 14.3. The van der Waals surface area contributed by atoms with Crippen molar-refractivity contribution < 1.29 is 22.4 Å². The molecule has 9 nitrogen and oxygen atoms in total. The van der Waals surface area contributed by atoms with E-state index in [2.05, 4.69) is 9.71 Å². The molecule has 0 aliphatic carbocycles. The van der Waals surface area contributed by atoms with E-state index in [1.54, 1.807) is 0 Å². The molecule has 1 aromatic carbocycles. The Morgan fingerprint density at radius 1 is 1.23 bits per heavy atom. The molecule has 2 amide bonds. The van der Waals surface area contributed by atoms with Crippen LogP contribution in [0.25, 0.3) is 0 Å². The highest BCUT2D eigenvalue weighted by atomic mass is 32.2. The van der Waals surface area contributed by atoms with Crippen LogP contribution >= 0.6 is 0 Å². The summed E-state index contributed by atoms with van der Waals surface area (Å²) in [4.78, 5) is 23.5. The van der Waals surface area contributed by atoms with Gasteiger partial charge in [-0.25, -0.2) is 14.2 Å². The van der Waals surface area contributed by atoms with Gasteiger partial charge in [0, 0.05) is 6.54 Å². The van der Waals surface area contributed by atoms with Gasteiger partial charge in [0.15, 0.2) is 5.03 Å². The zero-order valence-corrected chi connectivity index (χ0v) is 16.7. The van der Waals surface area contributed by atoms with Crippen LogP contribution < -0.4 is 4.72 Å². The second-order valence-electron chi connectivity index (χ2n) is 7.10. The Balaban J connectivity index is 1.42. The summed E-state index contributed by atoms with van der Waals surface area (Å²) in [6.07, 6.45) is 1.77. The lowest BCUT2D eigenvalue weighted by atomic mass is 10.0. The van der Waals surface area contributed by atoms with Gasteiger partial charge in [0.05, 0.1) is 18.3 Å². The summed E-state index contributed by atoms with van der Waals surface area (Å²) >= 11 is 0. The maximum absolute atomic E-state index is 13.0. The quantitative estimate of drug-likeness (QED) is 0.533. The minimum Gasteiger partial charge on any atom is -0.311 e. The number of sulfonamides is 1. The standard InChI is InChI=1S/C19H20FN5O4S/c20-14-6-9-17(22-10-14)30(27,28)23-18(21)16-8-7-15-11-24(16)19(26)25(15)29-12-13-4-2-1-3-5-13/h1-6,9-10,15-16H,7-8,11-12H2,(H2,21,23)/t15-,16+/m1/s1. The van der Waals surface area contributed by atoms with Gasteiger partial charge in [-0.3, -0.25) is 15.0 Å². The third-order valence-corrected chi connectivity index (χ3v) is 6.37. The summed E-state index contributed by atoms with van der Waals surface area (Å²) in [5.74, 6) is -1.00. The predicted molar refractivity (Wildman–Crippen MR) is 104 cm³/mol. The highest BCUT2D eigenvalue weighted by Gasteiger charge is 2.47. The zero-order valence-electron chi connectivity index (χ0n) is 15.9. The first-order valence-electron chi connectivity index (χ1n) is 9.34. The molecule has 0 spiro atoms. The van der Waals surface area contributed by atoms with Crippen LogP contribution in [0.4, 0.5) is 9.18 Å². The number of hydrogen-bond donors (Lipinski definition) is 2. The van der Waals surface area contributed by atoms with Gasteiger partial charge in [-0.2, -0.15) is 13.5 Å². The number of amides is 2. The van der Waals surface area contributed by atoms with E-state index in [1.807, 2.05) is 30.3 Å². The molecule has 2 atom stereocenters. The molecule has 2 fully saturated rings. The summed E-state index contributed by atoms with van der Waals surface area (Å²) in [6.45, 7) is 0.582. The number of hydroxylamine groups is 2. The number of amidine groups is 1. The molecular formula is C19H20FN5O4S. The molecule has 0 saturated carbocycles. The molecule has 0 radical (unpaired) electrons. The van der Waals surface area contributed by atoms with Crippen LogP contribution in [-0.4, -0.2) is 53.9 Å². The van der Waals surface area contributed by atoms with Crippen LogP contribution in [0.3, 0.4) is 0 Å². The van der Waals surface area contributed by atoms with E-state index in [0.29, 0.717) is 19.4 Å². The van der Waals surface area contributed by atoms with Crippen molar-refractivity contribution in [2.45, 2.75) is 36.6 Å². The minimum absolute atomic E-state index is 0.152. The summed E-state index contributed by atoms with van der Waals surface area (Å²) in [7, 11) is -4.16. The molecule has 2 aliphatic heterocycles. The number of nitrogens with zero attached hydrogens (tertiary/aromatic N) is 3. The average molecular weight is 433 g/mol. The van der Waals surface area contributed by atoms with E-state index in [1.165, 1.54) is 9.96 Å². The molecular weight excluding hydrogens is 413 g/mol. The second-order valence-corrected chi connectivity index (χ2v) is 8.73. The molecule has 3 heterocycles. The van der Waals surface area contributed by atoms with Gasteiger partial charge in [-0.15, -0.1) is 0 Å². The molecule has 2 saturated heterocycles. The largest absolute Gasteiger partial charge is 0.344 e. The van der Waals surface area contributed by atoms with E-state index >= 15 is 0 Å². The number of fused-ring (bicyclic) bond motifs is 2. The lowest BCUT2D eigenvalue weighted by Gasteiger charge is -2.30.